The molecular formula is C13H15IN2. The monoisotopic (exact) mass is 326 g/mol. The normalized spacial score (nSPS) is 10.8. The Morgan fingerprint density at radius 1 is 1.25 bits per heavy atom. The van der Waals surface area contributed by atoms with Crippen molar-refractivity contribution in [3.05, 3.63) is 42.1 Å². The van der Waals surface area contributed by atoms with E-state index in [1.54, 1.807) is 0 Å². The van der Waals surface area contributed by atoms with Crippen LogP contribution in [-0.4, -0.2) is 16.0 Å². The van der Waals surface area contributed by atoms with Crippen LogP contribution in [0.1, 0.15) is 12.0 Å². The molecule has 1 heterocycles. The number of halogens is 1. The maximum absolute atomic E-state index is 4.31. The van der Waals surface area contributed by atoms with Crippen LogP contribution in [0.3, 0.4) is 0 Å². The molecule has 2 rings (SSSR count). The predicted octanol–water partition coefficient (Wildman–Crippen LogP) is 3.15. The molecule has 0 spiro atoms. The third-order valence-corrected chi connectivity index (χ3v) is 3.25. The Hall–Kier alpha value is -0.680. The number of fused-ring (bicyclic) bond motifs is 1. The highest BCUT2D eigenvalue weighted by Crippen LogP contribution is 2.12. The van der Waals surface area contributed by atoms with Crippen LogP contribution in [0.5, 0.6) is 0 Å². The summed E-state index contributed by atoms with van der Waals surface area (Å²) in [6.07, 6.45) is 3.07. The molecular weight excluding hydrogens is 311 g/mol. The molecule has 0 fully saturated rings. The van der Waals surface area contributed by atoms with Gasteiger partial charge in [0.15, 0.2) is 0 Å². The van der Waals surface area contributed by atoms with Gasteiger partial charge in [0.1, 0.15) is 0 Å². The molecule has 0 saturated heterocycles. The molecule has 16 heavy (non-hydrogen) atoms. The largest absolute Gasteiger partial charge is 0.313 e. The molecule has 0 unspecified atom stereocenters. The first-order valence-electron chi connectivity index (χ1n) is 5.50. The zero-order chi connectivity index (χ0) is 11.2. The van der Waals surface area contributed by atoms with Crippen LogP contribution in [0.2, 0.25) is 0 Å². The van der Waals surface area contributed by atoms with Crippen molar-refractivity contribution >= 4 is 33.5 Å². The number of rotatable bonds is 5. The van der Waals surface area contributed by atoms with Gasteiger partial charge in [-0.15, -0.1) is 0 Å². The summed E-state index contributed by atoms with van der Waals surface area (Å²) >= 11 is 2.41. The lowest BCUT2D eigenvalue weighted by Crippen LogP contribution is -2.14. The summed E-state index contributed by atoms with van der Waals surface area (Å²) in [6.45, 7) is 2.04. The third kappa shape index (κ3) is 3.15. The summed E-state index contributed by atoms with van der Waals surface area (Å²) in [5.41, 5.74) is 2.40. The van der Waals surface area contributed by atoms with E-state index < -0.39 is 0 Å². The molecule has 2 aromatic rings. The topological polar surface area (TPSA) is 24.9 Å². The van der Waals surface area contributed by atoms with Crippen LogP contribution in [-0.2, 0) is 6.54 Å². The molecule has 0 saturated carbocycles. The number of hydrogen-bond donors (Lipinski definition) is 1. The van der Waals surface area contributed by atoms with Crippen molar-refractivity contribution in [3.63, 3.8) is 0 Å². The van der Waals surface area contributed by atoms with Gasteiger partial charge < -0.3 is 5.32 Å². The molecule has 3 heteroatoms. The van der Waals surface area contributed by atoms with Crippen LogP contribution >= 0.6 is 22.6 Å². The lowest BCUT2D eigenvalue weighted by molar-refractivity contribution is 0.682. The molecule has 0 aliphatic heterocycles. The van der Waals surface area contributed by atoms with Crippen LogP contribution in [0.25, 0.3) is 10.9 Å². The Labute approximate surface area is 110 Å². The molecule has 1 aromatic heterocycles. The number of alkyl halides is 1. The summed E-state index contributed by atoms with van der Waals surface area (Å²) in [6, 6.07) is 10.5. The first-order valence-corrected chi connectivity index (χ1v) is 7.03. The van der Waals surface area contributed by atoms with Gasteiger partial charge in [0.05, 0.1) is 5.52 Å². The summed E-state index contributed by atoms with van der Waals surface area (Å²) in [4.78, 5) is 4.31. The van der Waals surface area contributed by atoms with Crippen molar-refractivity contribution in [1.29, 1.82) is 0 Å². The number of nitrogens with zero attached hydrogens (tertiary/aromatic N) is 1. The van der Waals surface area contributed by atoms with E-state index in [1.165, 1.54) is 21.8 Å². The molecule has 1 aromatic carbocycles. The first-order chi connectivity index (χ1) is 7.90. The minimum Gasteiger partial charge on any atom is -0.313 e. The molecule has 0 bridgehead atoms. The maximum Gasteiger partial charge on any atom is 0.0702 e. The Balaban J connectivity index is 2.02. The van der Waals surface area contributed by atoms with Crippen molar-refractivity contribution in [2.45, 2.75) is 13.0 Å². The van der Waals surface area contributed by atoms with E-state index in [0.29, 0.717) is 0 Å². The highest BCUT2D eigenvalue weighted by molar-refractivity contribution is 14.1. The highest BCUT2D eigenvalue weighted by Gasteiger charge is 1.96. The molecule has 84 valence electrons. The van der Waals surface area contributed by atoms with E-state index in [-0.39, 0.29) is 0 Å². The van der Waals surface area contributed by atoms with E-state index in [4.69, 9.17) is 0 Å². The SMILES string of the molecule is ICCCNCc1ccc2ncccc2c1. The maximum atomic E-state index is 4.31. The molecule has 0 radical (unpaired) electrons. The van der Waals surface area contributed by atoms with Crippen molar-refractivity contribution in [2.75, 3.05) is 11.0 Å². The standard InChI is InChI=1S/C13H15IN2/c14-6-2-7-15-10-11-4-5-13-12(9-11)3-1-8-16-13/h1,3-5,8-9,15H,2,6-7,10H2. The lowest BCUT2D eigenvalue weighted by atomic mass is 10.1. The van der Waals surface area contributed by atoms with Crippen LogP contribution < -0.4 is 5.32 Å². The predicted molar refractivity (Wildman–Crippen MR) is 77.0 cm³/mol. The van der Waals surface area contributed by atoms with Gasteiger partial charge in [-0.25, -0.2) is 0 Å². The van der Waals surface area contributed by atoms with Crippen molar-refractivity contribution < 1.29 is 0 Å². The fourth-order valence-electron chi connectivity index (χ4n) is 1.66. The van der Waals surface area contributed by atoms with Gasteiger partial charge in [0.2, 0.25) is 0 Å². The van der Waals surface area contributed by atoms with Gasteiger partial charge in [0, 0.05) is 22.6 Å². The van der Waals surface area contributed by atoms with E-state index >= 15 is 0 Å². The Morgan fingerprint density at radius 3 is 3.06 bits per heavy atom. The Bertz CT molecular complexity index is 456. The minimum atomic E-state index is 0.946. The van der Waals surface area contributed by atoms with Crippen molar-refractivity contribution in [3.8, 4) is 0 Å². The van der Waals surface area contributed by atoms with E-state index in [2.05, 4.69) is 57.2 Å². The lowest BCUT2D eigenvalue weighted by Gasteiger charge is -2.05. The Morgan fingerprint density at radius 2 is 2.19 bits per heavy atom. The van der Waals surface area contributed by atoms with Gasteiger partial charge in [-0.3, -0.25) is 4.98 Å². The number of nitrogens with one attached hydrogen (secondary N) is 1. The molecule has 0 atom stereocenters. The third-order valence-electron chi connectivity index (χ3n) is 2.48. The van der Waals surface area contributed by atoms with Gasteiger partial charge in [-0.05, 0) is 36.7 Å². The smallest absolute Gasteiger partial charge is 0.0702 e. The fraction of sp³-hybridized carbons (Fsp3) is 0.308. The van der Waals surface area contributed by atoms with Crippen LogP contribution in [0.4, 0.5) is 0 Å². The second kappa shape index (κ2) is 6.15. The number of hydrogen-bond acceptors (Lipinski definition) is 2. The highest BCUT2D eigenvalue weighted by atomic mass is 127. The second-order valence-corrected chi connectivity index (χ2v) is 4.83. The van der Waals surface area contributed by atoms with E-state index in [1.807, 2.05) is 12.3 Å². The van der Waals surface area contributed by atoms with Crippen LogP contribution in [0, 0.1) is 0 Å². The first kappa shape index (κ1) is 11.8. The van der Waals surface area contributed by atoms with Crippen LogP contribution in [0.15, 0.2) is 36.5 Å². The molecule has 2 nitrogen and oxygen atoms in total. The summed E-state index contributed by atoms with van der Waals surface area (Å²) in [5.74, 6) is 0. The Kier molecular flexibility index (Phi) is 4.54. The molecule has 0 aliphatic rings. The quantitative estimate of drug-likeness (QED) is 0.519. The molecule has 0 amide bonds. The van der Waals surface area contributed by atoms with Gasteiger partial charge in [0.25, 0.3) is 0 Å². The summed E-state index contributed by atoms with van der Waals surface area (Å²) in [7, 11) is 0. The number of pyridine rings is 1. The average molecular weight is 326 g/mol. The fourth-order valence-corrected chi connectivity index (χ4v) is 2.04. The van der Waals surface area contributed by atoms with Crippen molar-refractivity contribution in [2.24, 2.45) is 0 Å². The molecule has 0 aliphatic carbocycles. The minimum absolute atomic E-state index is 0.946. The zero-order valence-corrected chi connectivity index (χ0v) is 11.3. The van der Waals surface area contributed by atoms with Gasteiger partial charge >= 0.3 is 0 Å². The molecule has 1 N–H and O–H groups in total. The van der Waals surface area contributed by atoms with E-state index in [0.717, 1.165) is 18.6 Å². The summed E-state index contributed by atoms with van der Waals surface area (Å²) < 4.78 is 1.21. The number of benzene rings is 1. The zero-order valence-electron chi connectivity index (χ0n) is 9.12. The van der Waals surface area contributed by atoms with E-state index in [9.17, 15) is 0 Å². The number of aromatic nitrogens is 1. The summed E-state index contributed by atoms with van der Waals surface area (Å²) in [5, 5.41) is 4.66. The van der Waals surface area contributed by atoms with Gasteiger partial charge in [-0.1, -0.05) is 34.7 Å². The van der Waals surface area contributed by atoms with Gasteiger partial charge in [-0.2, -0.15) is 0 Å². The van der Waals surface area contributed by atoms with Crippen molar-refractivity contribution in [1.82, 2.24) is 10.3 Å². The average Bonchev–Trinajstić information content (AvgIpc) is 2.34. The second-order valence-electron chi connectivity index (χ2n) is 3.75.